The van der Waals surface area contributed by atoms with E-state index in [1.165, 1.54) is 0 Å². The van der Waals surface area contributed by atoms with Gasteiger partial charge in [-0.2, -0.15) is 13.2 Å². The van der Waals surface area contributed by atoms with Crippen molar-refractivity contribution < 1.29 is 27.9 Å². The Morgan fingerprint density at radius 3 is 2.00 bits per heavy atom. The van der Waals surface area contributed by atoms with Crippen LogP contribution < -0.4 is 5.32 Å². The summed E-state index contributed by atoms with van der Waals surface area (Å²) in [6.07, 6.45) is -4.35. The van der Waals surface area contributed by atoms with Gasteiger partial charge < -0.3 is 10.4 Å². The molecule has 1 unspecified atom stereocenters. The number of ketones is 1. The Balaban J connectivity index is 0.000000185. The highest BCUT2D eigenvalue weighted by Gasteiger charge is 2.55. The van der Waals surface area contributed by atoms with Gasteiger partial charge in [-0.15, -0.1) is 0 Å². The minimum atomic E-state index is -5.08. The van der Waals surface area contributed by atoms with Gasteiger partial charge in [-0.05, 0) is 24.9 Å². The number of carboxylic acids is 1. The van der Waals surface area contributed by atoms with Crippen molar-refractivity contribution in [2.45, 2.75) is 19.5 Å². The highest BCUT2D eigenvalue weighted by Crippen LogP contribution is 2.49. The number of halogens is 3. The van der Waals surface area contributed by atoms with E-state index in [4.69, 9.17) is 9.90 Å². The average Bonchev–Trinajstić information content (AvgIpc) is 2.70. The first-order chi connectivity index (χ1) is 7.79. The van der Waals surface area contributed by atoms with Gasteiger partial charge in [-0.1, -0.05) is 6.92 Å². The minimum absolute atomic E-state index is 0.450. The number of fused-ring (bicyclic) bond motifs is 1. The van der Waals surface area contributed by atoms with E-state index in [1.54, 1.807) is 0 Å². The molecule has 7 heteroatoms. The second-order valence-corrected chi connectivity index (χ2v) is 4.13. The second-order valence-electron chi connectivity index (χ2n) is 4.13. The molecule has 2 N–H and O–H groups in total. The van der Waals surface area contributed by atoms with Crippen LogP contribution in [0.2, 0.25) is 0 Å². The zero-order valence-electron chi connectivity index (χ0n) is 9.25. The van der Waals surface area contributed by atoms with Crippen LogP contribution in [0.15, 0.2) is 0 Å². The largest absolute Gasteiger partial charge is 0.490 e. The topological polar surface area (TPSA) is 66.4 Å². The van der Waals surface area contributed by atoms with Gasteiger partial charge in [-0.3, -0.25) is 4.79 Å². The highest BCUT2D eigenvalue weighted by molar-refractivity contribution is 5.84. The molecule has 1 saturated carbocycles. The smallest absolute Gasteiger partial charge is 0.475 e. The summed E-state index contributed by atoms with van der Waals surface area (Å²) >= 11 is 0. The van der Waals surface area contributed by atoms with Crippen molar-refractivity contribution in [1.29, 1.82) is 0 Å². The van der Waals surface area contributed by atoms with E-state index >= 15 is 0 Å². The number of carbonyl (C=O) groups is 2. The fourth-order valence-corrected chi connectivity index (χ4v) is 2.13. The zero-order valence-corrected chi connectivity index (χ0v) is 9.25. The number of alkyl halides is 3. The van der Waals surface area contributed by atoms with Gasteiger partial charge in [0.25, 0.3) is 0 Å². The monoisotopic (exact) mass is 253 g/mol. The molecular weight excluding hydrogens is 239 g/mol. The second kappa shape index (κ2) is 5.03. The number of rotatable bonds is 2. The van der Waals surface area contributed by atoms with Gasteiger partial charge in [0.05, 0.1) is 0 Å². The predicted molar refractivity (Wildman–Crippen MR) is 52.3 cm³/mol. The summed E-state index contributed by atoms with van der Waals surface area (Å²) in [5.41, 5.74) is 0. The quantitative estimate of drug-likeness (QED) is 0.772. The number of aliphatic carboxylic acids is 1. The first-order valence-corrected chi connectivity index (χ1v) is 5.32. The lowest BCUT2D eigenvalue weighted by Crippen LogP contribution is -2.21. The fraction of sp³-hybridized carbons (Fsp3) is 0.800. The van der Waals surface area contributed by atoms with E-state index in [1.807, 2.05) is 6.92 Å². The van der Waals surface area contributed by atoms with Crippen LogP contribution in [-0.2, 0) is 9.59 Å². The molecule has 0 radical (unpaired) electrons. The summed E-state index contributed by atoms with van der Waals surface area (Å²) in [6.45, 7) is 4.13. The molecule has 0 aromatic heterocycles. The van der Waals surface area contributed by atoms with Gasteiger partial charge in [-0.25, -0.2) is 4.79 Å². The molecule has 0 bridgehead atoms. The van der Waals surface area contributed by atoms with Gasteiger partial charge >= 0.3 is 12.1 Å². The molecule has 2 fully saturated rings. The first kappa shape index (κ1) is 14.0. The third-order valence-electron chi connectivity index (χ3n) is 3.05. The van der Waals surface area contributed by atoms with Crippen LogP contribution in [0.5, 0.6) is 0 Å². The third-order valence-corrected chi connectivity index (χ3v) is 3.05. The van der Waals surface area contributed by atoms with Crippen LogP contribution >= 0.6 is 0 Å². The molecule has 0 amide bonds. The standard InChI is InChI=1S/C8H13NO.C2HF3O2/c1-2-7(10)8-5-3-9-4-6(5)8;3-2(4,5)1(6)7/h5-6,8-9H,2-4H2,1H3;(H,6,7)/t5-,6+,8?;. The van der Waals surface area contributed by atoms with E-state index in [0.717, 1.165) is 19.5 Å². The Bertz CT molecular complexity index is 306. The summed E-state index contributed by atoms with van der Waals surface area (Å²) in [5.74, 6) is -0.393. The van der Waals surface area contributed by atoms with Gasteiger partial charge in [0, 0.05) is 12.3 Å². The van der Waals surface area contributed by atoms with E-state index in [9.17, 15) is 18.0 Å². The molecule has 1 heterocycles. The van der Waals surface area contributed by atoms with Crippen molar-refractivity contribution in [3.05, 3.63) is 0 Å². The molecule has 0 aromatic rings. The molecule has 1 saturated heterocycles. The fourth-order valence-electron chi connectivity index (χ4n) is 2.13. The maximum atomic E-state index is 11.2. The molecule has 2 rings (SSSR count). The maximum absolute atomic E-state index is 11.2. The Labute approximate surface area is 96.2 Å². The van der Waals surface area contributed by atoms with Crippen LogP contribution in [-0.4, -0.2) is 36.1 Å². The molecule has 98 valence electrons. The summed E-state index contributed by atoms with van der Waals surface area (Å²) < 4.78 is 31.7. The van der Waals surface area contributed by atoms with Crippen molar-refractivity contribution in [2.75, 3.05) is 13.1 Å². The Hall–Kier alpha value is -1.11. The molecule has 0 spiro atoms. The van der Waals surface area contributed by atoms with Crippen LogP contribution in [0, 0.1) is 17.8 Å². The van der Waals surface area contributed by atoms with Crippen LogP contribution in [0.3, 0.4) is 0 Å². The van der Waals surface area contributed by atoms with Crippen molar-refractivity contribution >= 4 is 11.8 Å². The lowest BCUT2D eigenvalue weighted by atomic mass is 10.1. The van der Waals surface area contributed by atoms with Gasteiger partial charge in [0.1, 0.15) is 5.78 Å². The number of carboxylic acid groups (broad SMARTS) is 1. The Kier molecular flexibility index (Phi) is 4.13. The summed E-state index contributed by atoms with van der Waals surface area (Å²) in [6, 6.07) is 0. The van der Waals surface area contributed by atoms with Gasteiger partial charge in [0.15, 0.2) is 0 Å². The van der Waals surface area contributed by atoms with E-state index < -0.39 is 12.1 Å². The lowest BCUT2D eigenvalue weighted by Gasteiger charge is -1.99. The normalized spacial score (nSPS) is 30.0. The van der Waals surface area contributed by atoms with Crippen LogP contribution in [0.1, 0.15) is 13.3 Å². The third kappa shape index (κ3) is 3.42. The molecule has 1 aliphatic heterocycles. The van der Waals surface area contributed by atoms with Crippen molar-refractivity contribution in [2.24, 2.45) is 17.8 Å². The SMILES string of the molecule is CCC(=O)C1[C@H]2CNC[C@@H]12.O=C(O)C(F)(F)F. The number of nitrogens with one attached hydrogen (secondary N) is 1. The maximum Gasteiger partial charge on any atom is 0.490 e. The summed E-state index contributed by atoms with van der Waals surface area (Å²) in [4.78, 5) is 20.1. The predicted octanol–water partition coefficient (Wildman–Crippen LogP) is 1.06. The molecule has 4 nitrogen and oxygen atoms in total. The Morgan fingerprint density at radius 1 is 1.29 bits per heavy atom. The average molecular weight is 253 g/mol. The molecule has 2 aliphatic rings. The number of piperidine rings is 1. The number of hydrogen-bond donors (Lipinski definition) is 2. The van der Waals surface area contributed by atoms with E-state index in [-0.39, 0.29) is 0 Å². The van der Waals surface area contributed by atoms with Crippen molar-refractivity contribution in [3.8, 4) is 0 Å². The minimum Gasteiger partial charge on any atom is -0.475 e. The van der Waals surface area contributed by atoms with E-state index in [2.05, 4.69) is 5.32 Å². The molecule has 0 aromatic carbocycles. The Morgan fingerprint density at radius 2 is 1.71 bits per heavy atom. The van der Waals surface area contributed by atoms with Crippen molar-refractivity contribution in [1.82, 2.24) is 5.32 Å². The van der Waals surface area contributed by atoms with E-state index in [0.29, 0.717) is 23.5 Å². The van der Waals surface area contributed by atoms with Gasteiger partial charge in [0.2, 0.25) is 0 Å². The molecule has 3 atom stereocenters. The number of carbonyl (C=O) groups excluding carboxylic acids is 1. The number of hydrogen-bond acceptors (Lipinski definition) is 3. The van der Waals surface area contributed by atoms with Crippen LogP contribution in [0.25, 0.3) is 0 Å². The first-order valence-electron chi connectivity index (χ1n) is 5.32. The number of Topliss-reactive ketones (excluding diaryl/α,β-unsaturated/α-hetero) is 1. The highest BCUT2D eigenvalue weighted by atomic mass is 19.4. The molecule has 17 heavy (non-hydrogen) atoms. The summed E-state index contributed by atoms with van der Waals surface area (Å²) in [5, 5.41) is 10.4. The van der Waals surface area contributed by atoms with Crippen molar-refractivity contribution in [3.63, 3.8) is 0 Å². The van der Waals surface area contributed by atoms with Crippen LogP contribution in [0.4, 0.5) is 13.2 Å². The molecule has 1 aliphatic carbocycles. The zero-order chi connectivity index (χ0) is 13.2. The summed E-state index contributed by atoms with van der Waals surface area (Å²) in [7, 11) is 0. The lowest BCUT2D eigenvalue weighted by molar-refractivity contribution is -0.192. The molecular formula is C10H14F3NO3.